The predicted molar refractivity (Wildman–Crippen MR) is 107 cm³/mol. The first kappa shape index (κ1) is 21.5. The van der Waals surface area contributed by atoms with Gasteiger partial charge < -0.3 is 29.5 Å². The fraction of sp³-hybridized carbons (Fsp3) is 0.368. The molecule has 0 aliphatic carbocycles. The lowest BCUT2D eigenvalue weighted by molar-refractivity contribution is -0.122. The number of morpholine rings is 1. The van der Waals surface area contributed by atoms with Crippen LogP contribution in [0.1, 0.15) is 15.2 Å². The number of anilines is 1. The summed E-state index contributed by atoms with van der Waals surface area (Å²) >= 11 is 1.51. The van der Waals surface area contributed by atoms with Gasteiger partial charge >= 0.3 is 0 Å². The second kappa shape index (κ2) is 11.2. The van der Waals surface area contributed by atoms with Crippen molar-refractivity contribution >= 4 is 28.7 Å². The molecule has 0 unspecified atom stereocenters. The van der Waals surface area contributed by atoms with Crippen molar-refractivity contribution in [1.29, 1.82) is 0 Å². The standard InChI is InChI=1S/C18H22N2O4S.CH2O2/c1-22-14-4-3-13(11-15(14)23-2)12-19-18(21)16-5-6-17(25-16)20-7-9-24-10-8-20;2-1-3/h3-6,11H,7-10,12H2,1-2H3,(H,19,21);1H,(H,2,3). The molecule has 1 aromatic carbocycles. The van der Waals surface area contributed by atoms with Gasteiger partial charge in [0, 0.05) is 19.6 Å². The van der Waals surface area contributed by atoms with Crippen molar-refractivity contribution < 1.29 is 28.9 Å². The summed E-state index contributed by atoms with van der Waals surface area (Å²) in [6.07, 6.45) is 0. The van der Waals surface area contributed by atoms with Gasteiger partial charge in [0.2, 0.25) is 0 Å². The lowest BCUT2D eigenvalue weighted by Gasteiger charge is -2.27. The SMILES string of the molecule is COc1ccc(CNC(=O)c2ccc(N3CCOCC3)s2)cc1OC.O=CO. The summed E-state index contributed by atoms with van der Waals surface area (Å²) in [4.78, 5) is 23.7. The summed E-state index contributed by atoms with van der Waals surface area (Å²) in [5.74, 6) is 1.25. The van der Waals surface area contributed by atoms with Crippen LogP contribution in [0.4, 0.5) is 5.00 Å². The van der Waals surface area contributed by atoms with E-state index in [1.54, 1.807) is 14.2 Å². The molecule has 0 spiro atoms. The molecular weight excluding hydrogens is 384 g/mol. The molecule has 1 aliphatic heterocycles. The zero-order valence-corrected chi connectivity index (χ0v) is 16.7. The quantitative estimate of drug-likeness (QED) is 0.708. The molecule has 0 atom stereocenters. The van der Waals surface area contributed by atoms with Crippen molar-refractivity contribution in [2.45, 2.75) is 6.54 Å². The Morgan fingerprint density at radius 1 is 1.21 bits per heavy atom. The van der Waals surface area contributed by atoms with E-state index < -0.39 is 0 Å². The molecule has 1 aliphatic rings. The Morgan fingerprint density at radius 2 is 1.89 bits per heavy atom. The molecular formula is C19H24N2O6S. The largest absolute Gasteiger partial charge is 0.493 e. The molecule has 28 heavy (non-hydrogen) atoms. The number of ether oxygens (including phenoxy) is 3. The van der Waals surface area contributed by atoms with Crippen molar-refractivity contribution in [2.75, 3.05) is 45.4 Å². The van der Waals surface area contributed by atoms with Crippen molar-refractivity contribution in [3.63, 3.8) is 0 Å². The van der Waals surface area contributed by atoms with Crippen molar-refractivity contribution in [3.8, 4) is 11.5 Å². The van der Waals surface area contributed by atoms with Crippen LogP contribution in [0.15, 0.2) is 30.3 Å². The highest BCUT2D eigenvalue weighted by atomic mass is 32.1. The van der Waals surface area contributed by atoms with E-state index in [0.717, 1.165) is 36.9 Å². The maximum absolute atomic E-state index is 12.4. The van der Waals surface area contributed by atoms with E-state index in [4.69, 9.17) is 24.1 Å². The zero-order chi connectivity index (χ0) is 20.4. The van der Waals surface area contributed by atoms with Crippen molar-refractivity contribution in [1.82, 2.24) is 5.32 Å². The van der Waals surface area contributed by atoms with Crippen LogP contribution < -0.4 is 19.7 Å². The Morgan fingerprint density at radius 3 is 2.54 bits per heavy atom. The van der Waals surface area contributed by atoms with Crippen LogP contribution in [0.25, 0.3) is 0 Å². The molecule has 1 amide bonds. The molecule has 1 saturated heterocycles. The van der Waals surface area contributed by atoms with Gasteiger partial charge in [-0.3, -0.25) is 9.59 Å². The summed E-state index contributed by atoms with van der Waals surface area (Å²) in [6.45, 7) is 3.39. The number of methoxy groups -OCH3 is 2. The van der Waals surface area contributed by atoms with Crippen molar-refractivity contribution in [3.05, 3.63) is 40.8 Å². The third-order valence-corrected chi connectivity index (χ3v) is 5.18. The average Bonchev–Trinajstić information content (AvgIpc) is 3.23. The first-order valence-electron chi connectivity index (χ1n) is 8.62. The number of carboxylic acid groups (broad SMARTS) is 1. The van der Waals surface area contributed by atoms with Gasteiger partial charge in [0.1, 0.15) is 0 Å². The monoisotopic (exact) mass is 408 g/mol. The molecule has 1 fully saturated rings. The minimum Gasteiger partial charge on any atom is -0.493 e. The first-order chi connectivity index (χ1) is 13.6. The second-order valence-corrected chi connectivity index (χ2v) is 6.78. The maximum atomic E-state index is 12.4. The van der Waals surface area contributed by atoms with Gasteiger partial charge in [-0.2, -0.15) is 0 Å². The second-order valence-electron chi connectivity index (χ2n) is 5.71. The van der Waals surface area contributed by atoms with Gasteiger partial charge in [-0.1, -0.05) is 6.07 Å². The number of rotatable bonds is 6. The van der Waals surface area contributed by atoms with Gasteiger partial charge in [-0.25, -0.2) is 0 Å². The first-order valence-corrected chi connectivity index (χ1v) is 9.44. The molecule has 0 saturated carbocycles. The normalized spacial score (nSPS) is 13.1. The van der Waals surface area contributed by atoms with Crippen molar-refractivity contribution in [2.24, 2.45) is 0 Å². The molecule has 2 N–H and O–H groups in total. The van der Waals surface area contributed by atoms with E-state index in [1.165, 1.54) is 11.3 Å². The van der Waals surface area contributed by atoms with Crippen LogP contribution in [-0.2, 0) is 16.1 Å². The van der Waals surface area contributed by atoms with E-state index >= 15 is 0 Å². The zero-order valence-electron chi connectivity index (χ0n) is 15.8. The van der Waals surface area contributed by atoms with E-state index in [0.29, 0.717) is 22.9 Å². The molecule has 0 bridgehead atoms. The number of carbonyl (C=O) groups excluding carboxylic acids is 1. The van der Waals surface area contributed by atoms with Gasteiger partial charge in [0.25, 0.3) is 12.4 Å². The number of hydrogen-bond acceptors (Lipinski definition) is 7. The fourth-order valence-electron chi connectivity index (χ4n) is 2.66. The summed E-state index contributed by atoms with van der Waals surface area (Å²) in [6, 6.07) is 9.49. The minimum atomic E-state index is -0.250. The Balaban J connectivity index is 0.000000878. The highest BCUT2D eigenvalue weighted by Crippen LogP contribution is 2.28. The van der Waals surface area contributed by atoms with E-state index in [2.05, 4.69) is 10.2 Å². The van der Waals surface area contributed by atoms with E-state index in [1.807, 2.05) is 30.3 Å². The number of benzene rings is 1. The number of nitrogens with zero attached hydrogens (tertiary/aromatic N) is 1. The van der Waals surface area contributed by atoms with Crippen LogP contribution in [0.3, 0.4) is 0 Å². The summed E-state index contributed by atoms with van der Waals surface area (Å²) in [7, 11) is 3.20. The Kier molecular flexibility index (Phi) is 8.57. The molecule has 2 heterocycles. The number of thiophene rings is 1. The Bertz CT molecular complexity index is 774. The molecule has 3 rings (SSSR count). The van der Waals surface area contributed by atoms with Gasteiger partial charge in [-0.05, 0) is 29.8 Å². The van der Waals surface area contributed by atoms with Gasteiger partial charge in [-0.15, -0.1) is 11.3 Å². The van der Waals surface area contributed by atoms with Gasteiger partial charge in [0.15, 0.2) is 11.5 Å². The van der Waals surface area contributed by atoms with Gasteiger partial charge in [0.05, 0.1) is 37.3 Å². The minimum absolute atomic E-state index is 0.0701. The lowest BCUT2D eigenvalue weighted by Crippen LogP contribution is -2.35. The third-order valence-electron chi connectivity index (χ3n) is 4.04. The van der Waals surface area contributed by atoms with Crippen LogP contribution in [0.5, 0.6) is 11.5 Å². The highest BCUT2D eigenvalue weighted by Gasteiger charge is 2.16. The number of hydrogen-bond donors (Lipinski definition) is 2. The summed E-state index contributed by atoms with van der Waals surface area (Å²) < 4.78 is 15.9. The average molecular weight is 408 g/mol. The highest BCUT2D eigenvalue weighted by molar-refractivity contribution is 7.18. The maximum Gasteiger partial charge on any atom is 0.290 e. The third kappa shape index (κ3) is 5.86. The van der Waals surface area contributed by atoms with Crippen LogP contribution >= 0.6 is 11.3 Å². The van der Waals surface area contributed by atoms with E-state index in [9.17, 15) is 4.79 Å². The molecule has 152 valence electrons. The predicted octanol–water partition coefficient (Wildman–Crippen LogP) is 2.23. The molecule has 1 aromatic heterocycles. The Labute approximate surface area is 167 Å². The molecule has 8 nitrogen and oxygen atoms in total. The Hall–Kier alpha value is -2.78. The number of nitrogens with one attached hydrogen (secondary N) is 1. The topological polar surface area (TPSA) is 97.3 Å². The van der Waals surface area contributed by atoms with E-state index in [-0.39, 0.29) is 12.4 Å². The number of amides is 1. The van der Waals surface area contributed by atoms with Crippen LogP contribution in [-0.4, -0.2) is 58.0 Å². The lowest BCUT2D eigenvalue weighted by atomic mass is 10.2. The van der Waals surface area contributed by atoms with Crippen LogP contribution in [0.2, 0.25) is 0 Å². The summed E-state index contributed by atoms with van der Waals surface area (Å²) in [5.41, 5.74) is 0.955. The summed E-state index contributed by atoms with van der Waals surface area (Å²) in [5, 5.41) is 11.0. The smallest absolute Gasteiger partial charge is 0.290 e. The number of carbonyl (C=O) groups is 2. The molecule has 0 radical (unpaired) electrons. The fourth-order valence-corrected chi connectivity index (χ4v) is 3.64. The molecule has 2 aromatic rings. The van der Waals surface area contributed by atoms with Crippen LogP contribution in [0, 0.1) is 0 Å². The molecule has 9 heteroatoms.